The summed E-state index contributed by atoms with van der Waals surface area (Å²) in [5.74, 6) is 0.792. The van der Waals surface area contributed by atoms with E-state index in [0.29, 0.717) is 13.2 Å². The quantitative estimate of drug-likeness (QED) is 0.696. The van der Waals surface area contributed by atoms with Crippen molar-refractivity contribution in [3.8, 4) is 5.75 Å². The van der Waals surface area contributed by atoms with Crippen molar-refractivity contribution < 1.29 is 14.6 Å². The Morgan fingerprint density at radius 3 is 2.52 bits per heavy atom. The van der Waals surface area contributed by atoms with Crippen LogP contribution in [0.1, 0.15) is 25.8 Å². The van der Waals surface area contributed by atoms with Crippen molar-refractivity contribution in [1.29, 1.82) is 0 Å². The van der Waals surface area contributed by atoms with Crippen LogP contribution < -0.4 is 10.1 Å². The molecular formula is C17H29NO3. The second kappa shape index (κ2) is 9.03. The van der Waals surface area contributed by atoms with Gasteiger partial charge in [-0.05, 0) is 30.9 Å². The van der Waals surface area contributed by atoms with Gasteiger partial charge in [-0.15, -0.1) is 0 Å². The lowest BCUT2D eigenvalue weighted by Crippen LogP contribution is -2.37. The van der Waals surface area contributed by atoms with Gasteiger partial charge < -0.3 is 19.9 Å². The van der Waals surface area contributed by atoms with Gasteiger partial charge in [-0.3, -0.25) is 0 Å². The number of aliphatic hydroxyl groups is 1. The molecule has 0 fully saturated rings. The molecule has 1 rings (SSSR count). The average molecular weight is 295 g/mol. The van der Waals surface area contributed by atoms with Crippen LogP contribution in [0.5, 0.6) is 5.75 Å². The van der Waals surface area contributed by atoms with Crippen molar-refractivity contribution in [1.82, 2.24) is 5.32 Å². The minimum atomic E-state index is -0.510. The normalized spacial score (nSPS) is 13.2. The Morgan fingerprint density at radius 2 is 1.90 bits per heavy atom. The van der Waals surface area contributed by atoms with Crippen LogP contribution in [0.2, 0.25) is 0 Å². The summed E-state index contributed by atoms with van der Waals surface area (Å²) in [4.78, 5) is 0. The Kier molecular flexibility index (Phi) is 7.72. The van der Waals surface area contributed by atoms with Crippen LogP contribution in [0.15, 0.2) is 24.3 Å². The van der Waals surface area contributed by atoms with Gasteiger partial charge in [-0.1, -0.05) is 31.5 Å². The third-order valence-corrected chi connectivity index (χ3v) is 3.43. The Morgan fingerprint density at radius 1 is 1.24 bits per heavy atom. The number of hydrogen-bond acceptors (Lipinski definition) is 4. The highest BCUT2D eigenvalue weighted by atomic mass is 16.5. The Hall–Kier alpha value is -1.10. The second-order valence-electron chi connectivity index (χ2n) is 6.32. The zero-order valence-electron chi connectivity index (χ0n) is 13.7. The molecule has 1 atom stereocenters. The highest BCUT2D eigenvalue weighted by Crippen LogP contribution is 2.18. The first-order chi connectivity index (χ1) is 9.93. The summed E-state index contributed by atoms with van der Waals surface area (Å²) >= 11 is 0. The molecule has 0 radical (unpaired) electrons. The SMILES string of the molecule is COCCC(C)(C)CNCC(O)COc1ccc(C)cc1. The molecule has 120 valence electrons. The first kappa shape index (κ1) is 18.0. The van der Waals surface area contributed by atoms with Crippen molar-refractivity contribution in [3.63, 3.8) is 0 Å². The van der Waals surface area contributed by atoms with E-state index in [1.807, 2.05) is 31.2 Å². The fraction of sp³-hybridized carbons (Fsp3) is 0.647. The molecule has 0 bridgehead atoms. The molecule has 1 aromatic rings. The van der Waals surface area contributed by atoms with E-state index in [0.717, 1.165) is 25.3 Å². The monoisotopic (exact) mass is 295 g/mol. The number of methoxy groups -OCH3 is 1. The van der Waals surface area contributed by atoms with Crippen LogP contribution in [-0.2, 0) is 4.74 Å². The summed E-state index contributed by atoms with van der Waals surface area (Å²) < 4.78 is 10.7. The smallest absolute Gasteiger partial charge is 0.119 e. The lowest BCUT2D eigenvalue weighted by atomic mass is 9.90. The number of nitrogens with one attached hydrogen (secondary N) is 1. The summed E-state index contributed by atoms with van der Waals surface area (Å²) in [6.45, 7) is 8.85. The van der Waals surface area contributed by atoms with Gasteiger partial charge >= 0.3 is 0 Å². The van der Waals surface area contributed by atoms with Gasteiger partial charge in [0.15, 0.2) is 0 Å². The number of ether oxygens (including phenoxy) is 2. The molecule has 0 aromatic heterocycles. The number of hydrogen-bond donors (Lipinski definition) is 2. The van der Waals surface area contributed by atoms with Gasteiger partial charge in [0.2, 0.25) is 0 Å². The Labute approximate surface area is 128 Å². The number of rotatable bonds is 10. The molecule has 0 aliphatic heterocycles. The molecule has 0 aliphatic rings. The van der Waals surface area contributed by atoms with Crippen LogP contribution in [0.4, 0.5) is 0 Å². The summed E-state index contributed by atoms with van der Waals surface area (Å²) in [7, 11) is 1.72. The van der Waals surface area contributed by atoms with Crippen molar-refractivity contribution in [3.05, 3.63) is 29.8 Å². The van der Waals surface area contributed by atoms with E-state index in [-0.39, 0.29) is 5.41 Å². The third kappa shape index (κ3) is 8.05. The lowest BCUT2D eigenvalue weighted by molar-refractivity contribution is 0.100. The molecule has 2 N–H and O–H groups in total. The van der Waals surface area contributed by atoms with E-state index in [4.69, 9.17) is 9.47 Å². The molecule has 4 nitrogen and oxygen atoms in total. The molecule has 1 aromatic carbocycles. The van der Waals surface area contributed by atoms with Gasteiger partial charge in [0, 0.05) is 26.8 Å². The summed E-state index contributed by atoms with van der Waals surface area (Å²) in [5.41, 5.74) is 1.36. The maximum absolute atomic E-state index is 9.93. The van der Waals surface area contributed by atoms with Crippen LogP contribution in [0.3, 0.4) is 0 Å². The molecule has 0 heterocycles. The van der Waals surface area contributed by atoms with Gasteiger partial charge in [-0.2, -0.15) is 0 Å². The minimum Gasteiger partial charge on any atom is -0.491 e. The molecule has 21 heavy (non-hydrogen) atoms. The molecule has 0 aliphatic carbocycles. The van der Waals surface area contributed by atoms with Crippen LogP contribution in [-0.4, -0.2) is 44.6 Å². The van der Waals surface area contributed by atoms with E-state index in [9.17, 15) is 5.11 Å². The predicted molar refractivity (Wildman–Crippen MR) is 85.8 cm³/mol. The predicted octanol–water partition coefficient (Wildman–Crippen LogP) is 2.39. The molecule has 0 saturated carbocycles. The van der Waals surface area contributed by atoms with E-state index < -0.39 is 6.10 Å². The maximum Gasteiger partial charge on any atom is 0.119 e. The Balaban J connectivity index is 2.19. The molecule has 0 saturated heterocycles. The Bertz CT molecular complexity index is 390. The highest BCUT2D eigenvalue weighted by Gasteiger charge is 2.17. The molecule has 0 amide bonds. The topological polar surface area (TPSA) is 50.7 Å². The summed E-state index contributed by atoms with van der Waals surface area (Å²) in [6, 6.07) is 7.84. The van der Waals surface area contributed by atoms with Crippen molar-refractivity contribution in [2.45, 2.75) is 33.3 Å². The van der Waals surface area contributed by atoms with Gasteiger partial charge in [0.05, 0.1) is 0 Å². The van der Waals surface area contributed by atoms with Gasteiger partial charge in [-0.25, -0.2) is 0 Å². The maximum atomic E-state index is 9.93. The minimum absolute atomic E-state index is 0.160. The van der Waals surface area contributed by atoms with E-state index in [1.165, 1.54) is 5.56 Å². The number of benzene rings is 1. The van der Waals surface area contributed by atoms with Crippen molar-refractivity contribution in [2.24, 2.45) is 5.41 Å². The van der Waals surface area contributed by atoms with Crippen LogP contribution >= 0.6 is 0 Å². The van der Waals surface area contributed by atoms with Crippen LogP contribution in [0.25, 0.3) is 0 Å². The average Bonchev–Trinajstić information content (AvgIpc) is 2.44. The second-order valence-corrected chi connectivity index (χ2v) is 6.32. The molecule has 1 unspecified atom stereocenters. The zero-order chi connectivity index (χ0) is 15.7. The van der Waals surface area contributed by atoms with Crippen LogP contribution in [0, 0.1) is 12.3 Å². The lowest BCUT2D eigenvalue weighted by Gasteiger charge is -2.25. The van der Waals surface area contributed by atoms with Crippen molar-refractivity contribution in [2.75, 3.05) is 33.4 Å². The summed E-state index contributed by atoms with van der Waals surface area (Å²) in [5, 5.41) is 13.2. The van der Waals surface area contributed by atoms with E-state index in [1.54, 1.807) is 7.11 Å². The first-order valence-electron chi connectivity index (χ1n) is 7.50. The van der Waals surface area contributed by atoms with Crippen molar-refractivity contribution >= 4 is 0 Å². The fourth-order valence-electron chi connectivity index (χ4n) is 1.93. The molecular weight excluding hydrogens is 266 g/mol. The fourth-order valence-corrected chi connectivity index (χ4v) is 1.93. The summed E-state index contributed by atoms with van der Waals surface area (Å²) in [6.07, 6.45) is 0.483. The van der Waals surface area contributed by atoms with E-state index >= 15 is 0 Å². The molecule has 4 heteroatoms. The first-order valence-corrected chi connectivity index (χ1v) is 7.50. The zero-order valence-corrected chi connectivity index (χ0v) is 13.7. The van der Waals surface area contributed by atoms with Gasteiger partial charge in [0.1, 0.15) is 18.5 Å². The molecule has 0 spiro atoms. The standard InChI is InChI=1S/C17H29NO3/c1-14-5-7-16(8-6-14)21-12-15(19)11-18-13-17(2,3)9-10-20-4/h5-8,15,18-19H,9-13H2,1-4H3. The largest absolute Gasteiger partial charge is 0.491 e. The number of aryl methyl sites for hydroxylation is 1. The highest BCUT2D eigenvalue weighted by molar-refractivity contribution is 5.26. The number of aliphatic hydroxyl groups excluding tert-OH is 1. The van der Waals surface area contributed by atoms with E-state index in [2.05, 4.69) is 19.2 Å². The third-order valence-electron chi connectivity index (χ3n) is 3.43. The van der Waals surface area contributed by atoms with Gasteiger partial charge in [0.25, 0.3) is 0 Å².